The summed E-state index contributed by atoms with van der Waals surface area (Å²) >= 11 is 0. The Kier molecular flexibility index (Phi) is 4.32. The molecular weight excluding hydrogens is 212 g/mol. The predicted octanol–water partition coefficient (Wildman–Crippen LogP) is 2.91. The van der Waals surface area contributed by atoms with Crippen LogP contribution in [0.2, 0.25) is 0 Å². The maximum atomic E-state index is 12.4. The van der Waals surface area contributed by atoms with Crippen molar-refractivity contribution in [1.29, 1.82) is 0 Å². The van der Waals surface area contributed by atoms with Crippen LogP contribution in [0.1, 0.15) is 43.6 Å². The molecular formula is C15H20O2. The van der Waals surface area contributed by atoms with E-state index in [1.54, 1.807) is 0 Å². The van der Waals surface area contributed by atoms with Crippen molar-refractivity contribution in [3.05, 3.63) is 35.9 Å². The minimum atomic E-state index is -0.320. The standard InChI is InChI=1S/C15H20O2/c16-11-14(12-7-3-1-4-8-12)15(17)13-9-5-2-6-10-13/h1,3-4,7-8,13-14,16H,2,5-6,9-11H2. The number of ketones is 1. The van der Waals surface area contributed by atoms with E-state index in [0.717, 1.165) is 31.2 Å². The summed E-state index contributed by atoms with van der Waals surface area (Å²) in [5.41, 5.74) is 0.950. The lowest BCUT2D eigenvalue weighted by atomic mass is 9.80. The van der Waals surface area contributed by atoms with Crippen LogP contribution in [-0.4, -0.2) is 17.5 Å². The summed E-state index contributed by atoms with van der Waals surface area (Å²) in [6.07, 6.45) is 5.57. The summed E-state index contributed by atoms with van der Waals surface area (Å²) in [4.78, 5) is 12.4. The molecule has 1 unspecified atom stereocenters. The van der Waals surface area contributed by atoms with Gasteiger partial charge in [-0.3, -0.25) is 4.79 Å². The highest BCUT2D eigenvalue weighted by atomic mass is 16.3. The first kappa shape index (κ1) is 12.3. The maximum absolute atomic E-state index is 12.4. The normalized spacial score (nSPS) is 18.9. The van der Waals surface area contributed by atoms with Crippen molar-refractivity contribution in [2.24, 2.45) is 5.92 Å². The molecule has 0 aliphatic heterocycles. The Morgan fingerprint density at radius 2 is 1.82 bits per heavy atom. The zero-order valence-corrected chi connectivity index (χ0v) is 10.1. The van der Waals surface area contributed by atoms with E-state index in [9.17, 15) is 9.90 Å². The Labute approximate surface area is 103 Å². The summed E-state index contributed by atoms with van der Waals surface area (Å²) in [5, 5.41) is 9.46. The van der Waals surface area contributed by atoms with Crippen molar-refractivity contribution in [2.75, 3.05) is 6.61 Å². The molecule has 0 spiro atoms. The number of carbonyl (C=O) groups is 1. The van der Waals surface area contributed by atoms with E-state index >= 15 is 0 Å². The fraction of sp³-hybridized carbons (Fsp3) is 0.533. The molecule has 0 amide bonds. The molecule has 1 aromatic rings. The average molecular weight is 232 g/mol. The molecule has 1 aromatic carbocycles. The van der Waals surface area contributed by atoms with Gasteiger partial charge in [0.25, 0.3) is 0 Å². The zero-order chi connectivity index (χ0) is 12.1. The van der Waals surface area contributed by atoms with Crippen LogP contribution in [0, 0.1) is 5.92 Å². The number of Topliss-reactive ketones (excluding diaryl/α,β-unsaturated/α-hetero) is 1. The molecule has 0 aromatic heterocycles. The molecule has 1 aliphatic carbocycles. The lowest BCUT2D eigenvalue weighted by molar-refractivity contribution is -0.126. The van der Waals surface area contributed by atoms with E-state index in [4.69, 9.17) is 0 Å². The van der Waals surface area contributed by atoms with Gasteiger partial charge in [-0.25, -0.2) is 0 Å². The van der Waals surface area contributed by atoms with E-state index in [-0.39, 0.29) is 24.2 Å². The third-order valence-corrected chi connectivity index (χ3v) is 3.74. The largest absolute Gasteiger partial charge is 0.395 e. The van der Waals surface area contributed by atoms with Crippen LogP contribution in [0.25, 0.3) is 0 Å². The van der Waals surface area contributed by atoms with Gasteiger partial charge < -0.3 is 5.11 Å². The molecule has 1 saturated carbocycles. The van der Waals surface area contributed by atoms with Gasteiger partial charge in [0.1, 0.15) is 5.78 Å². The molecule has 0 bridgehead atoms. The molecule has 0 heterocycles. The third kappa shape index (κ3) is 2.95. The Bertz CT molecular complexity index is 352. The zero-order valence-electron chi connectivity index (χ0n) is 10.1. The van der Waals surface area contributed by atoms with E-state index in [0.29, 0.717) is 0 Å². The minimum Gasteiger partial charge on any atom is -0.395 e. The van der Waals surface area contributed by atoms with Gasteiger partial charge in [-0.05, 0) is 18.4 Å². The third-order valence-electron chi connectivity index (χ3n) is 3.74. The molecule has 17 heavy (non-hydrogen) atoms. The van der Waals surface area contributed by atoms with Crippen molar-refractivity contribution in [2.45, 2.75) is 38.0 Å². The summed E-state index contributed by atoms with van der Waals surface area (Å²) in [6, 6.07) is 9.64. The topological polar surface area (TPSA) is 37.3 Å². The number of aliphatic hydroxyl groups excluding tert-OH is 1. The number of benzene rings is 1. The van der Waals surface area contributed by atoms with Gasteiger partial charge in [-0.15, -0.1) is 0 Å². The van der Waals surface area contributed by atoms with Crippen molar-refractivity contribution >= 4 is 5.78 Å². The fourth-order valence-electron chi connectivity index (χ4n) is 2.72. The highest BCUT2D eigenvalue weighted by molar-refractivity contribution is 5.88. The van der Waals surface area contributed by atoms with E-state index in [1.165, 1.54) is 6.42 Å². The van der Waals surface area contributed by atoms with Gasteiger partial charge in [0, 0.05) is 5.92 Å². The van der Waals surface area contributed by atoms with Crippen LogP contribution in [0.15, 0.2) is 30.3 Å². The molecule has 1 fully saturated rings. The smallest absolute Gasteiger partial charge is 0.145 e. The van der Waals surface area contributed by atoms with Crippen molar-refractivity contribution in [3.63, 3.8) is 0 Å². The Morgan fingerprint density at radius 3 is 2.41 bits per heavy atom. The molecule has 1 N–H and O–H groups in total. The summed E-state index contributed by atoms with van der Waals surface area (Å²) in [5.74, 6) is 0.0822. The molecule has 0 saturated heterocycles. The lowest BCUT2D eigenvalue weighted by Gasteiger charge is -2.24. The van der Waals surface area contributed by atoms with Crippen molar-refractivity contribution in [1.82, 2.24) is 0 Å². The Morgan fingerprint density at radius 1 is 1.18 bits per heavy atom. The van der Waals surface area contributed by atoms with Crippen LogP contribution in [0.3, 0.4) is 0 Å². The number of rotatable bonds is 4. The number of hydrogen-bond donors (Lipinski definition) is 1. The monoisotopic (exact) mass is 232 g/mol. The van der Waals surface area contributed by atoms with Crippen LogP contribution in [-0.2, 0) is 4.79 Å². The number of hydrogen-bond acceptors (Lipinski definition) is 2. The highest BCUT2D eigenvalue weighted by Gasteiger charge is 2.28. The molecule has 2 heteroatoms. The van der Waals surface area contributed by atoms with Crippen LogP contribution in [0.5, 0.6) is 0 Å². The van der Waals surface area contributed by atoms with Crippen LogP contribution in [0.4, 0.5) is 0 Å². The Balaban J connectivity index is 2.10. The fourth-order valence-corrected chi connectivity index (χ4v) is 2.72. The first-order chi connectivity index (χ1) is 8.33. The lowest BCUT2D eigenvalue weighted by Crippen LogP contribution is -2.26. The average Bonchev–Trinajstić information content (AvgIpc) is 2.42. The minimum absolute atomic E-state index is 0.0701. The van der Waals surface area contributed by atoms with Gasteiger partial charge in [0.05, 0.1) is 12.5 Å². The summed E-state index contributed by atoms with van der Waals surface area (Å²) < 4.78 is 0. The maximum Gasteiger partial charge on any atom is 0.145 e. The molecule has 1 aliphatic rings. The molecule has 92 valence electrons. The van der Waals surface area contributed by atoms with Crippen LogP contribution < -0.4 is 0 Å². The quantitative estimate of drug-likeness (QED) is 0.866. The summed E-state index contributed by atoms with van der Waals surface area (Å²) in [6.45, 7) is -0.0701. The molecule has 1 atom stereocenters. The molecule has 0 radical (unpaired) electrons. The van der Waals surface area contributed by atoms with Crippen molar-refractivity contribution < 1.29 is 9.90 Å². The second kappa shape index (κ2) is 5.97. The highest BCUT2D eigenvalue weighted by Crippen LogP contribution is 2.30. The Hall–Kier alpha value is -1.15. The number of aliphatic hydroxyl groups is 1. The molecule has 2 rings (SSSR count). The first-order valence-electron chi connectivity index (χ1n) is 6.52. The van der Waals surface area contributed by atoms with Gasteiger partial charge in [0.2, 0.25) is 0 Å². The van der Waals surface area contributed by atoms with Gasteiger partial charge >= 0.3 is 0 Å². The first-order valence-corrected chi connectivity index (χ1v) is 6.52. The molecule has 2 nitrogen and oxygen atoms in total. The van der Waals surface area contributed by atoms with Crippen LogP contribution >= 0.6 is 0 Å². The van der Waals surface area contributed by atoms with Gasteiger partial charge in [0.15, 0.2) is 0 Å². The summed E-state index contributed by atoms with van der Waals surface area (Å²) in [7, 11) is 0. The second-order valence-electron chi connectivity index (χ2n) is 4.88. The van der Waals surface area contributed by atoms with Gasteiger partial charge in [-0.1, -0.05) is 49.6 Å². The predicted molar refractivity (Wildman–Crippen MR) is 67.9 cm³/mol. The van der Waals surface area contributed by atoms with E-state index in [2.05, 4.69) is 0 Å². The number of carbonyl (C=O) groups excluding carboxylic acids is 1. The second-order valence-corrected chi connectivity index (χ2v) is 4.88. The SMILES string of the molecule is O=C(C1CCCCC1)C(CO)c1ccccc1. The van der Waals surface area contributed by atoms with E-state index < -0.39 is 0 Å². The van der Waals surface area contributed by atoms with E-state index in [1.807, 2.05) is 30.3 Å². The van der Waals surface area contributed by atoms with Crippen molar-refractivity contribution in [3.8, 4) is 0 Å². The van der Waals surface area contributed by atoms with Gasteiger partial charge in [-0.2, -0.15) is 0 Å².